The first-order valence-corrected chi connectivity index (χ1v) is 6.57. The van der Waals surface area contributed by atoms with Crippen LogP contribution in [0.15, 0.2) is 22.7 Å². The summed E-state index contributed by atoms with van der Waals surface area (Å²) < 4.78 is 0.857. The van der Waals surface area contributed by atoms with Crippen LogP contribution < -0.4 is 5.32 Å². The first kappa shape index (κ1) is 14.0. The molecule has 2 atom stereocenters. The van der Waals surface area contributed by atoms with E-state index in [4.69, 9.17) is 11.6 Å². The van der Waals surface area contributed by atoms with Gasteiger partial charge in [0.1, 0.15) is 0 Å². The summed E-state index contributed by atoms with van der Waals surface area (Å²) in [5.41, 5.74) is 1.04. The molecule has 2 N–H and O–H groups in total. The molecule has 1 rings (SSSR count). The number of hydrogen-bond donors (Lipinski definition) is 2. The third-order valence-electron chi connectivity index (χ3n) is 2.63. The van der Waals surface area contributed by atoms with Crippen LogP contribution in [0.4, 0.5) is 0 Å². The van der Waals surface area contributed by atoms with Crippen LogP contribution in [-0.4, -0.2) is 17.8 Å². The van der Waals surface area contributed by atoms with Crippen molar-refractivity contribution in [1.29, 1.82) is 0 Å². The highest BCUT2D eigenvalue weighted by molar-refractivity contribution is 9.10. The molecular formula is C12H17BrClNO. The summed E-state index contributed by atoms with van der Waals surface area (Å²) in [6.45, 7) is 4.30. The van der Waals surface area contributed by atoms with Crippen molar-refractivity contribution in [2.45, 2.75) is 32.4 Å². The van der Waals surface area contributed by atoms with Crippen LogP contribution in [0.1, 0.15) is 31.9 Å². The zero-order valence-electron chi connectivity index (χ0n) is 9.50. The van der Waals surface area contributed by atoms with Crippen molar-refractivity contribution < 1.29 is 5.11 Å². The molecule has 1 aromatic rings. The van der Waals surface area contributed by atoms with Gasteiger partial charge in [0.2, 0.25) is 0 Å². The van der Waals surface area contributed by atoms with Gasteiger partial charge in [-0.25, -0.2) is 0 Å². The van der Waals surface area contributed by atoms with E-state index in [0.29, 0.717) is 11.1 Å². The van der Waals surface area contributed by atoms with Crippen LogP contribution >= 0.6 is 27.5 Å². The minimum absolute atomic E-state index is 0.0384. The van der Waals surface area contributed by atoms with E-state index < -0.39 is 0 Å². The first-order valence-electron chi connectivity index (χ1n) is 5.40. The quantitative estimate of drug-likeness (QED) is 0.872. The van der Waals surface area contributed by atoms with Gasteiger partial charge >= 0.3 is 0 Å². The number of nitrogens with one attached hydrogen (secondary N) is 1. The van der Waals surface area contributed by atoms with E-state index in [9.17, 15) is 5.11 Å². The van der Waals surface area contributed by atoms with Crippen molar-refractivity contribution in [3.63, 3.8) is 0 Å². The van der Waals surface area contributed by atoms with Gasteiger partial charge in [0.25, 0.3) is 0 Å². The molecule has 0 radical (unpaired) electrons. The fraction of sp³-hybridized carbons (Fsp3) is 0.500. The second kappa shape index (κ2) is 6.60. The highest BCUT2D eigenvalue weighted by atomic mass is 79.9. The van der Waals surface area contributed by atoms with Gasteiger partial charge < -0.3 is 10.4 Å². The summed E-state index contributed by atoms with van der Waals surface area (Å²) in [7, 11) is 0. The van der Waals surface area contributed by atoms with Gasteiger partial charge in [-0.2, -0.15) is 0 Å². The third kappa shape index (κ3) is 3.74. The van der Waals surface area contributed by atoms with Gasteiger partial charge in [-0.1, -0.05) is 24.6 Å². The smallest absolute Gasteiger partial charge is 0.0626 e. The predicted molar refractivity (Wildman–Crippen MR) is 71.9 cm³/mol. The number of aliphatic hydroxyl groups is 1. The van der Waals surface area contributed by atoms with Crippen LogP contribution in [0.3, 0.4) is 0 Å². The largest absolute Gasteiger partial charge is 0.394 e. The van der Waals surface area contributed by atoms with E-state index in [2.05, 4.69) is 35.1 Å². The zero-order chi connectivity index (χ0) is 12.1. The Kier molecular flexibility index (Phi) is 5.76. The highest BCUT2D eigenvalue weighted by Gasteiger charge is 2.13. The van der Waals surface area contributed by atoms with Gasteiger partial charge in [-0.3, -0.25) is 0 Å². The molecule has 90 valence electrons. The Bertz CT molecular complexity index is 346. The molecule has 0 amide bonds. The number of aliphatic hydroxyl groups excluding tert-OH is 1. The molecule has 0 aliphatic heterocycles. The Hall–Kier alpha value is -0.0900. The molecule has 0 aliphatic rings. The molecule has 0 aromatic heterocycles. The first-order chi connectivity index (χ1) is 7.58. The average Bonchev–Trinajstić information content (AvgIpc) is 2.29. The van der Waals surface area contributed by atoms with E-state index in [1.807, 2.05) is 18.2 Å². The van der Waals surface area contributed by atoms with Crippen molar-refractivity contribution in [1.82, 2.24) is 5.32 Å². The van der Waals surface area contributed by atoms with Crippen LogP contribution in [0, 0.1) is 0 Å². The fourth-order valence-corrected chi connectivity index (χ4v) is 1.96. The number of rotatable bonds is 5. The summed E-state index contributed by atoms with van der Waals surface area (Å²) in [6.07, 6.45) is 1.03. The monoisotopic (exact) mass is 305 g/mol. The van der Waals surface area contributed by atoms with Crippen LogP contribution in [0.2, 0.25) is 5.02 Å². The standard InChI is InChI=1S/C12H17BrClNO/c1-3-8(2)15-12(7-16)9-4-5-11(14)10(13)6-9/h4-6,8,12,15-16H,3,7H2,1-2H3. The maximum atomic E-state index is 9.37. The fourth-order valence-electron chi connectivity index (χ4n) is 1.44. The molecular weight excluding hydrogens is 289 g/mol. The Morgan fingerprint density at radius 1 is 1.50 bits per heavy atom. The average molecular weight is 307 g/mol. The van der Waals surface area contributed by atoms with Crippen molar-refractivity contribution in [3.8, 4) is 0 Å². The second-order valence-electron chi connectivity index (χ2n) is 3.88. The predicted octanol–water partition coefficient (Wildman–Crippen LogP) is 3.52. The van der Waals surface area contributed by atoms with E-state index in [-0.39, 0.29) is 12.6 Å². The van der Waals surface area contributed by atoms with Crippen molar-refractivity contribution in [3.05, 3.63) is 33.3 Å². The number of halogens is 2. The zero-order valence-corrected chi connectivity index (χ0v) is 11.8. The van der Waals surface area contributed by atoms with E-state index in [1.54, 1.807) is 0 Å². The molecule has 2 unspecified atom stereocenters. The number of hydrogen-bond acceptors (Lipinski definition) is 2. The van der Waals surface area contributed by atoms with Gasteiger partial charge in [-0.15, -0.1) is 0 Å². The van der Waals surface area contributed by atoms with Gasteiger partial charge in [0.15, 0.2) is 0 Å². The lowest BCUT2D eigenvalue weighted by Crippen LogP contribution is -2.32. The molecule has 16 heavy (non-hydrogen) atoms. The molecule has 0 saturated carbocycles. The summed E-state index contributed by atoms with van der Waals surface area (Å²) in [5, 5.41) is 13.4. The number of benzene rings is 1. The van der Waals surface area contributed by atoms with Crippen molar-refractivity contribution >= 4 is 27.5 Å². The van der Waals surface area contributed by atoms with Gasteiger partial charge in [0.05, 0.1) is 17.7 Å². The lowest BCUT2D eigenvalue weighted by molar-refractivity contribution is 0.234. The van der Waals surface area contributed by atoms with E-state index in [0.717, 1.165) is 16.5 Å². The Morgan fingerprint density at radius 3 is 2.69 bits per heavy atom. The molecule has 0 saturated heterocycles. The maximum absolute atomic E-state index is 9.37. The van der Waals surface area contributed by atoms with Crippen LogP contribution in [0.25, 0.3) is 0 Å². The van der Waals surface area contributed by atoms with Crippen LogP contribution in [0.5, 0.6) is 0 Å². The molecule has 2 nitrogen and oxygen atoms in total. The summed E-state index contributed by atoms with van der Waals surface area (Å²) in [4.78, 5) is 0. The topological polar surface area (TPSA) is 32.3 Å². The van der Waals surface area contributed by atoms with Crippen LogP contribution in [-0.2, 0) is 0 Å². The molecule has 4 heteroatoms. The SMILES string of the molecule is CCC(C)NC(CO)c1ccc(Cl)c(Br)c1. The third-order valence-corrected chi connectivity index (χ3v) is 3.84. The Morgan fingerprint density at radius 2 is 2.19 bits per heavy atom. The Labute approximate surface area is 110 Å². The van der Waals surface area contributed by atoms with Gasteiger partial charge in [-0.05, 0) is 47.0 Å². The maximum Gasteiger partial charge on any atom is 0.0626 e. The normalized spacial score (nSPS) is 14.8. The highest BCUT2D eigenvalue weighted by Crippen LogP contribution is 2.26. The molecule has 0 spiro atoms. The van der Waals surface area contributed by atoms with Crippen molar-refractivity contribution in [2.24, 2.45) is 0 Å². The molecule has 0 bridgehead atoms. The van der Waals surface area contributed by atoms with E-state index in [1.165, 1.54) is 0 Å². The lowest BCUT2D eigenvalue weighted by Gasteiger charge is -2.21. The van der Waals surface area contributed by atoms with Crippen molar-refractivity contribution in [2.75, 3.05) is 6.61 Å². The Balaban J connectivity index is 2.82. The second-order valence-corrected chi connectivity index (χ2v) is 5.15. The summed E-state index contributed by atoms with van der Waals surface area (Å²) in [6, 6.07) is 6.05. The minimum Gasteiger partial charge on any atom is -0.394 e. The minimum atomic E-state index is -0.0384. The van der Waals surface area contributed by atoms with E-state index >= 15 is 0 Å². The summed E-state index contributed by atoms with van der Waals surface area (Å²) in [5.74, 6) is 0. The molecule has 1 aromatic carbocycles. The summed E-state index contributed by atoms with van der Waals surface area (Å²) >= 11 is 9.32. The van der Waals surface area contributed by atoms with Gasteiger partial charge in [0, 0.05) is 10.5 Å². The molecule has 0 aliphatic carbocycles. The lowest BCUT2D eigenvalue weighted by atomic mass is 10.1. The molecule has 0 heterocycles. The molecule has 0 fully saturated rings.